The summed E-state index contributed by atoms with van der Waals surface area (Å²) < 4.78 is 35.9. The molecule has 0 atom stereocenters. The molecule has 3 aromatic carbocycles. The number of aliphatic imine (C=N–C) groups is 3. The number of nitrogens with zero attached hydrogens (tertiary/aromatic N) is 3. The van der Waals surface area contributed by atoms with Crippen molar-refractivity contribution in [3.8, 4) is 22.5 Å². The third-order valence-electron chi connectivity index (χ3n) is 8.02. The Labute approximate surface area is 244 Å². The summed E-state index contributed by atoms with van der Waals surface area (Å²) in [6.45, 7) is 1.82. The van der Waals surface area contributed by atoms with Crippen LogP contribution in [0.15, 0.2) is 85.9 Å². The number of hydrogen-bond donors (Lipinski definition) is 2. The number of amides is 2. The van der Waals surface area contributed by atoms with Crippen molar-refractivity contribution in [2.45, 2.75) is 31.7 Å². The zero-order chi connectivity index (χ0) is 29.9. The molecule has 0 saturated heterocycles. The van der Waals surface area contributed by atoms with Gasteiger partial charge in [-0.05, 0) is 79.4 Å². The van der Waals surface area contributed by atoms with Gasteiger partial charge >= 0.3 is 0 Å². The van der Waals surface area contributed by atoms with Crippen LogP contribution in [0.1, 0.15) is 45.5 Å². The Morgan fingerprint density at radius 1 is 0.953 bits per heavy atom. The maximum Gasteiger partial charge on any atom is 0.255 e. The average molecular weight is 578 g/mol. The molecule has 2 amide bonds. The smallest absolute Gasteiger partial charge is 0.255 e. The number of allylic oxidation sites excluding steroid dienone is 1. The van der Waals surface area contributed by atoms with Gasteiger partial charge in [0.15, 0.2) is 5.84 Å². The van der Waals surface area contributed by atoms with Gasteiger partial charge in [0.25, 0.3) is 11.8 Å². The van der Waals surface area contributed by atoms with Crippen LogP contribution in [0.2, 0.25) is 0 Å². The maximum absolute atomic E-state index is 16.4. The molecule has 1 aromatic heterocycles. The van der Waals surface area contributed by atoms with Crippen molar-refractivity contribution in [1.29, 1.82) is 0 Å². The molecule has 0 spiro atoms. The Balaban J connectivity index is 1.26. The number of hydrogen-bond acceptors (Lipinski definition) is 6. The average Bonchev–Trinajstić information content (AvgIpc) is 3.48. The van der Waals surface area contributed by atoms with E-state index >= 15 is 4.39 Å². The molecule has 4 aromatic rings. The summed E-state index contributed by atoms with van der Waals surface area (Å²) in [4.78, 5) is 39.9. The summed E-state index contributed by atoms with van der Waals surface area (Å²) in [5.41, 5.74) is 3.31. The normalized spacial score (nSPS) is 16.3. The molecule has 2 aliphatic heterocycles. The molecule has 0 bridgehead atoms. The number of carbonyl (C=O) groups excluding carboxylic acids is 2. The molecule has 3 heterocycles. The third-order valence-corrected chi connectivity index (χ3v) is 8.02. The quantitative estimate of drug-likeness (QED) is 0.287. The van der Waals surface area contributed by atoms with Gasteiger partial charge in [0, 0.05) is 36.4 Å². The predicted octanol–water partition coefficient (Wildman–Crippen LogP) is 6.14. The number of fused-ring (bicyclic) bond motifs is 2. The van der Waals surface area contributed by atoms with E-state index in [1.54, 1.807) is 42.7 Å². The van der Waals surface area contributed by atoms with Gasteiger partial charge in [-0.3, -0.25) is 14.6 Å². The van der Waals surface area contributed by atoms with E-state index in [1.165, 1.54) is 31.3 Å². The van der Waals surface area contributed by atoms with Crippen LogP contribution in [0.25, 0.3) is 33.4 Å². The number of halogens is 2. The van der Waals surface area contributed by atoms with E-state index in [1.807, 2.05) is 6.92 Å². The molecule has 8 nitrogen and oxygen atoms in total. The first kappa shape index (κ1) is 26.6. The second-order valence-corrected chi connectivity index (χ2v) is 10.8. The first-order chi connectivity index (χ1) is 20.8. The molecule has 2 N–H and O–H groups in total. The minimum Gasteiger partial charge on any atom is -0.455 e. The number of furan rings is 1. The predicted molar refractivity (Wildman–Crippen MR) is 161 cm³/mol. The van der Waals surface area contributed by atoms with Gasteiger partial charge < -0.3 is 15.1 Å². The SMILES string of the molecule is CNC(=O)c1c(-c2ccc(F)cc2)oc2ccc(-c3cc(C(=O)NC4(C5=NC6=CN=CCC6=N5)CC4)ccc3C)c(F)c12. The zero-order valence-corrected chi connectivity index (χ0v) is 23.3. The molecule has 1 fully saturated rings. The van der Waals surface area contributed by atoms with Crippen LogP contribution in [-0.4, -0.2) is 42.2 Å². The number of amidine groups is 1. The molecular formula is C33H25F2N5O3. The van der Waals surface area contributed by atoms with E-state index in [-0.39, 0.29) is 33.8 Å². The Morgan fingerprint density at radius 3 is 2.47 bits per heavy atom. The highest BCUT2D eigenvalue weighted by Gasteiger charge is 2.51. The van der Waals surface area contributed by atoms with Crippen molar-refractivity contribution in [2.24, 2.45) is 15.0 Å². The first-order valence-electron chi connectivity index (χ1n) is 13.8. The molecule has 1 aliphatic carbocycles. The molecule has 7 rings (SSSR count). The van der Waals surface area contributed by atoms with E-state index in [2.05, 4.69) is 25.6 Å². The Kier molecular flexibility index (Phi) is 6.16. The van der Waals surface area contributed by atoms with Crippen LogP contribution < -0.4 is 10.6 Å². The van der Waals surface area contributed by atoms with Crippen LogP contribution in [0.4, 0.5) is 8.78 Å². The van der Waals surface area contributed by atoms with Gasteiger partial charge in [0.05, 0.1) is 22.9 Å². The van der Waals surface area contributed by atoms with Crippen molar-refractivity contribution in [3.63, 3.8) is 0 Å². The van der Waals surface area contributed by atoms with Crippen LogP contribution in [0.5, 0.6) is 0 Å². The van der Waals surface area contributed by atoms with Crippen molar-refractivity contribution in [3.05, 3.63) is 94.8 Å². The summed E-state index contributed by atoms with van der Waals surface area (Å²) in [5, 5.41) is 5.65. The van der Waals surface area contributed by atoms with Crippen LogP contribution in [0, 0.1) is 18.6 Å². The van der Waals surface area contributed by atoms with E-state index in [9.17, 15) is 14.0 Å². The standard InChI is InChI=1S/C33H25F2N5O3/c1-17-3-4-19(30(41)40-33(12-13-33)32-38-23-11-14-37-16-24(23)39-32)15-22(17)21-9-10-25-26(28(21)35)27(31(42)36-2)29(43-25)18-5-7-20(34)8-6-18/h3-10,14-16H,11-13H2,1-2H3,(H,36,42)(H,40,41). The monoisotopic (exact) mass is 577 g/mol. The zero-order valence-electron chi connectivity index (χ0n) is 23.3. The topological polar surface area (TPSA) is 108 Å². The van der Waals surface area contributed by atoms with E-state index in [0.29, 0.717) is 41.8 Å². The van der Waals surface area contributed by atoms with Gasteiger partial charge in [-0.25, -0.2) is 18.8 Å². The largest absolute Gasteiger partial charge is 0.455 e. The summed E-state index contributed by atoms with van der Waals surface area (Å²) >= 11 is 0. The lowest BCUT2D eigenvalue weighted by Gasteiger charge is -2.17. The molecule has 3 aliphatic rings. The summed E-state index contributed by atoms with van der Waals surface area (Å²) in [5.74, 6) is -1.27. The van der Waals surface area contributed by atoms with Gasteiger partial charge in [-0.1, -0.05) is 6.07 Å². The molecule has 1 saturated carbocycles. The number of carbonyl (C=O) groups is 2. The maximum atomic E-state index is 16.4. The van der Waals surface area contributed by atoms with E-state index in [0.717, 1.165) is 17.0 Å². The van der Waals surface area contributed by atoms with Gasteiger partial charge in [-0.2, -0.15) is 0 Å². The molecule has 43 heavy (non-hydrogen) atoms. The van der Waals surface area contributed by atoms with Gasteiger partial charge in [0.1, 0.15) is 34.2 Å². The van der Waals surface area contributed by atoms with Crippen LogP contribution in [0.3, 0.4) is 0 Å². The lowest BCUT2D eigenvalue weighted by Crippen LogP contribution is -2.42. The molecule has 214 valence electrons. The highest BCUT2D eigenvalue weighted by molar-refractivity contribution is 6.21. The fourth-order valence-corrected chi connectivity index (χ4v) is 5.50. The van der Waals surface area contributed by atoms with Crippen molar-refractivity contribution >= 4 is 40.5 Å². The Bertz CT molecular complexity index is 1980. The Morgan fingerprint density at radius 2 is 1.74 bits per heavy atom. The second-order valence-electron chi connectivity index (χ2n) is 10.8. The highest BCUT2D eigenvalue weighted by atomic mass is 19.1. The highest BCUT2D eigenvalue weighted by Crippen LogP contribution is 2.41. The van der Waals surface area contributed by atoms with Gasteiger partial charge in [-0.15, -0.1) is 0 Å². The minimum atomic E-state index is -0.665. The van der Waals surface area contributed by atoms with Gasteiger partial charge in [0.2, 0.25) is 0 Å². The number of benzene rings is 3. The van der Waals surface area contributed by atoms with Crippen molar-refractivity contribution in [1.82, 2.24) is 10.6 Å². The fourth-order valence-electron chi connectivity index (χ4n) is 5.50. The molecule has 0 radical (unpaired) electrons. The minimum absolute atomic E-state index is 0.000436. The van der Waals surface area contributed by atoms with E-state index < -0.39 is 23.1 Å². The summed E-state index contributed by atoms with van der Waals surface area (Å²) in [7, 11) is 1.44. The van der Waals surface area contributed by atoms with Crippen LogP contribution >= 0.6 is 0 Å². The second kappa shape index (κ2) is 9.94. The third kappa shape index (κ3) is 4.46. The molecule has 10 heteroatoms. The van der Waals surface area contributed by atoms with E-state index in [4.69, 9.17) is 4.42 Å². The lowest BCUT2D eigenvalue weighted by atomic mass is 9.94. The Hall–Kier alpha value is -5.25. The first-order valence-corrected chi connectivity index (χ1v) is 13.8. The fraction of sp³-hybridized carbons (Fsp3) is 0.182. The summed E-state index contributed by atoms with van der Waals surface area (Å²) in [6.07, 6.45) is 5.47. The van der Waals surface area contributed by atoms with Crippen LogP contribution in [-0.2, 0) is 0 Å². The van der Waals surface area contributed by atoms with Crippen molar-refractivity contribution in [2.75, 3.05) is 7.05 Å². The summed E-state index contributed by atoms with van der Waals surface area (Å²) in [6, 6.07) is 13.7. The number of aryl methyl sites for hydroxylation is 1. The van der Waals surface area contributed by atoms with Crippen molar-refractivity contribution < 1.29 is 22.8 Å². The number of nitrogens with one attached hydrogen (secondary N) is 2. The lowest BCUT2D eigenvalue weighted by molar-refractivity contribution is 0.0940. The molecule has 0 unspecified atom stereocenters. The molecular weight excluding hydrogens is 552 g/mol. The number of rotatable bonds is 6.